The van der Waals surface area contributed by atoms with Crippen molar-refractivity contribution in [1.82, 2.24) is 10.2 Å². The number of hydrogen-bond donors (Lipinski definition) is 2. The second-order valence-electron chi connectivity index (χ2n) is 5.68. The van der Waals surface area contributed by atoms with E-state index in [-0.39, 0.29) is 0 Å². The molecule has 0 amide bonds. The molecule has 1 aromatic carbocycles. The summed E-state index contributed by atoms with van der Waals surface area (Å²) in [7, 11) is 4.81. The number of nitriles is 1. The Hall–Kier alpha value is -3.27. The first-order chi connectivity index (χ1) is 12.1. The molecule has 0 unspecified atom stereocenters. The van der Waals surface area contributed by atoms with Gasteiger partial charge in [-0.25, -0.2) is 0 Å². The molecule has 7 heteroatoms. The van der Waals surface area contributed by atoms with E-state index in [0.29, 0.717) is 41.7 Å². The van der Waals surface area contributed by atoms with Crippen molar-refractivity contribution in [1.29, 1.82) is 5.26 Å². The van der Waals surface area contributed by atoms with Gasteiger partial charge in [0.2, 0.25) is 0 Å². The highest BCUT2D eigenvalue weighted by Crippen LogP contribution is 2.37. The van der Waals surface area contributed by atoms with E-state index in [0.717, 1.165) is 16.7 Å². The Morgan fingerprint density at radius 3 is 2.48 bits per heavy atom. The summed E-state index contributed by atoms with van der Waals surface area (Å²) in [6.07, 6.45) is 3.79. The van der Waals surface area contributed by atoms with E-state index in [1.54, 1.807) is 21.3 Å². The Balaban J connectivity index is 1.91. The number of nitrogens with one attached hydrogen (secondary N) is 1. The molecule has 0 aliphatic carbocycles. The molecule has 0 atom stereocenters. The third-order valence-electron chi connectivity index (χ3n) is 4.24. The van der Waals surface area contributed by atoms with Crippen molar-refractivity contribution < 1.29 is 14.2 Å². The molecule has 3 rings (SSSR count). The smallest absolute Gasteiger partial charge is 0.164 e. The molecule has 0 bridgehead atoms. The SMILES string of the molecule is COc1cc(OC)c(OC)cc1CN1C=C2C(=CNC(N)=C2C#N)C1. The highest BCUT2D eigenvalue weighted by molar-refractivity contribution is 5.60. The van der Waals surface area contributed by atoms with Gasteiger partial charge in [0.15, 0.2) is 11.5 Å². The molecular weight excluding hydrogens is 320 g/mol. The van der Waals surface area contributed by atoms with Crippen molar-refractivity contribution >= 4 is 0 Å². The summed E-state index contributed by atoms with van der Waals surface area (Å²) in [6.45, 7) is 1.28. The number of benzene rings is 1. The van der Waals surface area contributed by atoms with Crippen molar-refractivity contribution in [3.05, 3.63) is 52.6 Å². The van der Waals surface area contributed by atoms with Gasteiger partial charge < -0.3 is 30.2 Å². The van der Waals surface area contributed by atoms with Crippen LogP contribution in [-0.4, -0.2) is 32.8 Å². The number of rotatable bonds is 5. The Morgan fingerprint density at radius 2 is 1.84 bits per heavy atom. The quantitative estimate of drug-likeness (QED) is 0.841. The van der Waals surface area contributed by atoms with Gasteiger partial charge in [-0.15, -0.1) is 0 Å². The number of methoxy groups -OCH3 is 3. The third kappa shape index (κ3) is 2.94. The van der Waals surface area contributed by atoms with Crippen LogP contribution in [0.2, 0.25) is 0 Å². The molecule has 25 heavy (non-hydrogen) atoms. The number of nitrogens with two attached hydrogens (primary N) is 1. The number of allylic oxidation sites excluding steroid dienone is 1. The lowest BCUT2D eigenvalue weighted by Gasteiger charge is -2.19. The van der Waals surface area contributed by atoms with E-state index >= 15 is 0 Å². The van der Waals surface area contributed by atoms with Crippen LogP contribution in [0.15, 0.2) is 47.1 Å². The fourth-order valence-electron chi connectivity index (χ4n) is 3.00. The van der Waals surface area contributed by atoms with Gasteiger partial charge in [-0.3, -0.25) is 0 Å². The van der Waals surface area contributed by atoms with Crippen molar-refractivity contribution in [3.63, 3.8) is 0 Å². The van der Waals surface area contributed by atoms with Crippen LogP contribution < -0.4 is 25.3 Å². The van der Waals surface area contributed by atoms with Crippen molar-refractivity contribution in [2.45, 2.75) is 6.54 Å². The summed E-state index contributed by atoms with van der Waals surface area (Å²) in [4.78, 5) is 2.10. The molecule has 2 aliphatic heterocycles. The van der Waals surface area contributed by atoms with Gasteiger partial charge in [-0.2, -0.15) is 5.26 Å². The number of ether oxygens (including phenoxy) is 3. The molecule has 1 aromatic rings. The Morgan fingerprint density at radius 1 is 1.16 bits per heavy atom. The zero-order valence-corrected chi connectivity index (χ0v) is 14.4. The number of fused-ring (bicyclic) bond motifs is 1. The van der Waals surface area contributed by atoms with Crippen LogP contribution in [0.3, 0.4) is 0 Å². The maximum absolute atomic E-state index is 9.33. The van der Waals surface area contributed by atoms with Crippen LogP contribution in [0.1, 0.15) is 5.56 Å². The topological polar surface area (TPSA) is 92.8 Å². The minimum Gasteiger partial charge on any atom is -0.496 e. The van der Waals surface area contributed by atoms with Gasteiger partial charge in [0.05, 0.1) is 21.3 Å². The molecule has 0 fully saturated rings. The summed E-state index contributed by atoms with van der Waals surface area (Å²) in [5.41, 5.74) is 9.17. The van der Waals surface area contributed by atoms with Crippen LogP contribution in [0, 0.1) is 11.3 Å². The highest BCUT2D eigenvalue weighted by atomic mass is 16.5. The zero-order valence-electron chi connectivity index (χ0n) is 14.4. The lowest BCUT2D eigenvalue weighted by molar-refractivity contribution is 0.342. The molecule has 0 saturated carbocycles. The van der Waals surface area contributed by atoms with Gasteiger partial charge in [0.1, 0.15) is 23.2 Å². The fraction of sp³-hybridized carbons (Fsp3) is 0.278. The molecule has 2 heterocycles. The molecule has 0 aromatic heterocycles. The second kappa shape index (κ2) is 6.69. The average Bonchev–Trinajstić information content (AvgIpc) is 3.03. The van der Waals surface area contributed by atoms with Crippen LogP contribution >= 0.6 is 0 Å². The molecule has 0 spiro atoms. The van der Waals surface area contributed by atoms with Gasteiger partial charge >= 0.3 is 0 Å². The van der Waals surface area contributed by atoms with Gasteiger partial charge in [-0.05, 0) is 11.6 Å². The van der Waals surface area contributed by atoms with E-state index in [1.165, 1.54) is 0 Å². The standard InChI is InChI=1S/C18H20N4O3/c1-23-15-5-17(25-3)16(24-2)4-11(15)8-22-9-12-7-21-18(20)13(6-19)14(12)10-22/h4-5,7,10,21H,8-9,20H2,1-3H3. The Kier molecular flexibility index (Phi) is 4.44. The summed E-state index contributed by atoms with van der Waals surface area (Å²) < 4.78 is 16.2. The van der Waals surface area contributed by atoms with Crippen LogP contribution in [0.25, 0.3) is 0 Å². The monoisotopic (exact) mass is 340 g/mol. The van der Waals surface area contributed by atoms with Gasteiger partial charge in [0.25, 0.3) is 0 Å². The molecule has 3 N–H and O–H groups in total. The van der Waals surface area contributed by atoms with Crippen molar-refractivity contribution in [3.8, 4) is 23.3 Å². The number of hydrogen-bond acceptors (Lipinski definition) is 7. The predicted octanol–water partition coefficient (Wildman–Crippen LogP) is 1.59. The Bertz CT molecular complexity index is 833. The maximum Gasteiger partial charge on any atom is 0.164 e. The third-order valence-corrected chi connectivity index (χ3v) is 4.24. The minimum atomic E-state index is 0.378. The summed E-state index contributed by atoms with van der Waals surface area (Å²) >= 11 is 0. The molecule has 0 saturated heterocycles. The summed E-state index contributed by atoms with van der Waals surface area (Å²) in [5.74, 6) is 2.35. The number of dihydropyridines is 1. The summed E-state index contributed by atoms with van der Waals surface area (Å²) in [6, 6.07) is 5.87. The average molecular weight is 340 g/mol. The highest BCUT2D eigenvalue weighted by Gasteiger charge is 2.26. The first-order valence-electron chi connectivity index (χ1n) is 7.72. The van der Waals surface area contributed by atoms with E-state index in [2.05, 4.69) is 16.3 Å². The fourth-order valence-corrected chi connectivity index (χ4v) is 3.00. The predicted molar refractivity (Wildman–Crippen MR) is 92.6 cm³/mol. The largest absolute Gasteiger partial charge is 0.496 e. The van der Waals surface area contributed by atoms with Gasteiger partial charge in [0, 0.05) is 42.7 Å². The van der Waals surface area contributed by atoms with Crippen molar-refractivity contribution in [2.75, 3.05) is 27.9 Å². The first kappa shape index (κ1) is 16.6. The van der Waals surface area contributed by atoms with Crippen LogP contribution in [-0.2, 0) is 6.54 Å². The molecule has 0 radical (unpaired) electrons. The molecule has 2 aliphatic rings. The number of nitrogens with zero attached hydrogens (tertiary/aromatic N) is 2. The first-order valence-corrected chi connectivity index (χ1v) is 7.72. The van der Waals surface area contributed by atoms with Crippen molar-refractivity contribution in [2.24, 2.45) is 5.73 Å². The van der Waals surface area contributed by atoms with Crippen LogP contribution in [0.4, 0.5) is 0 Å². The van der Waals surface area contributed by atoms with E-state index in [1.807, 2.05) is 24.5 Å². The lowest BCUT2D eigenvalue weighted by Crippen LogP contribution is -2.22. The summed E-state index contributed by atoms with van der Waals surface area (Å²) in [5, 5.41) is 12.3. The maximum atomic E-state index is 9.33. The van der Waals surface area contributed by atoms with E-state index < -0.39 is 0 Å². The minimum absolute atomic E-state index is 0.378. The molecule has 7 nitrogen and oxygen atoms in total. The van der Waals surface area contributed by atoms with Gasteiger partial charge in [-0.1, -0.05) is 0 Å². The lowest BCUT2D eigenvalue weighted by atomic mass is 10.0. The Labute approximate surface area is 146 Å². The van der Waals surface area contributed by atoms with E-state index in [9.17, 15) is 5.26 Å². The zero-order chi connectivity index (χ0) is 18.0. The normalized spacial score (nSPS) is 15.7. The molecular formula is C18H20N4O3. The molecule has 130 valence electrons. The van der Waals surface area contributed by atoms with Crippen LogP contribution in [0.5, 0.6) is 17.2 Å². The second-order valence-corrected chi connectivity index (χ2v) is 5.68. The van der Waals surface area contributed by atoms with E-state index in [4.69, 9.17) is 19.9 Å².